The molecule has 0 fully saturated rings. The number of hydrogen-bond donors (Lipinski definition) is 2. The van der Waals surface area contributed by atoms with Crippen molar-refractivity contribution in [3.8, 4) is 22.9 Å². The molecule has 0 aliphatic carbocycles. The minimum Gasteiger partial charge on any atom is -0.497 e. The maximum atomic E-state index is 12.3. The van der Waals surface area contributed by atoms with Crippen LogP contribution in [-0.4, -0.2) is 45.0 Å². The third-order valence-corrected chi connectivity index (χ3v) is 7.86. The van der Waals surface area contributed by atoms with Crippen molar-refractivity contribution < 1.29 is 19.4 Å². The minimum absolute atomic E-state index is 0.0734. The second-order valence-corrected chi connectivity index (χ2v) is 10.7. The Morgan fingerprint density at radius 2 is 1.80 bits per heavy atom. The number of nitrogens with zero attached hydrogens (tertiary/aromatic N) is 3. The van der Waals surface area contributed by atoms with Crippen LogP contribution < -0.4 is 9.47 Å². The van der Waals surface area contributed by atoms with E-state index in [0.29, 0.717) is 39.5 Å². The second-order valence-electron chi connectivity index (χ2n) is 8.82. The summed E-state index contributed by atoms with van der Waals surface area (Å²) in [6, 6.07) is 18.6. The number of carbonyl (C=O) groups is 1. The third-order valence-electron chi connectivity index (χ3n) is 6.40. The summed E-state index contributed by atoms with van der Waals surface area (Å²) in [6.07, 6.45) is 1.66. The number of carboxylic acid groups (broad SMARTS) is 1. The fraction of sp³-hybridized carbons (Fsp3) is 0.138. The molecule has 0 saturated carbocycles. The summed E-state index contributed by atoms with van der Waals surface area (Å²) in [7, 11) is 3.13. The standard InChI is InChI=1S/C29H24Cl2N4O4S/c1-16-23(22-6-4-5-7-25(22)35(16)15-17-8-9-19(30)12-24(17)31)14-26(28(36)37)40-29-32-27(33-34-29)18-10-20(38-2)13-21(11-18)39-3/h4-14H,15H2,1-3H3,(H,36,37)(H,32,33,34)/b26-14-. The topological polar surface area (TPSA) is 102 Å². The number of aliphatic carboxylic acids is 1. The molecule has 0 aliphatic heterocycles. The molecule has 0 saturated heterocycles. The number of benzene rings is 3. The molecule has 5 rings (SSSR count). The lowest BCUT2D eigenvalue weighted by Crippen LogP contribution is -2.03. The van der Waals surface area contributed by atoms with Crippen LogP contribution in [0.15, 0.2) is 70.7 Å². The molecule has 3 aromatic carbocycles. The zero-order valence-corrected chi connectivity index (χ0v) is 24.1. The largest absolute Gasteiger partial charge is 0.497 e. The first-order chi connectivity index (χ1) is 19.3. The summed E-state index contributed by atoms with van der Waals surface area (Å²) in [4.78, 5) is 16.9. The number of hydrogen-bond acceptors (Lipinski definition) is 6. The van der Waals surface area contributed by atoms with E-state index in [2.05, 4.69) is 19.7 Å². The van der Waals surface area contributed by atoms with Gasteiger partial charge in [-0.3, -0.25) is 5.10 Å². The lowest BCUT2D eigenvalue weighted by Gasteiger charge is -2.11. The minimum atomic E-state index is -1.09. The van der Waals surface area contributed by atoms with Crippen molar-refractivity contribution in [3.05, 3.63) is 92.4 Å². The molecule has 2 heterocycles. The predicted molar refractivity (Wildman–Crippen MR) is 159 cm³/mol. The average molecular weight is 596 g/mol. The fourth-order valence-electron chi connectivity index (χ4n) is 4.39. The molecule has 0 spiro atoms. The average Bonchev–Trinajstić information content (AvgIpc) is 3.52. The van der Waals surface area contributed by atoms with Gasteiger partial charge in [-0.05, 0) is 60.7 Å². The highest BCUT2D eigenvalue weighted by Crippen LogP contribution is 2.35. The van der Waals surface area contributed by atoms with E-state index in [1.54, 1.807) is 50.6 Å². The Morgan fingerprint density at radius 3 is 2.48 bits per heavy atom. The third kappa shape index (κ3) is 5.67. The Bertz CT molecular complexity index is 1740. The molecule has 2 N–H and O–H groups in total. The van der Waals surface area contributed by atoms with E-state index in [1.807, 2.05) is 37.3 Å². The Kier molecular flexibility index (Phi) is 8.07. The van der Waals surface area contributed by atoms with E-state index in [4.69, 9.17) is 32.7 Å². The maximum Gasteiger partial charge on any atom is 0.342 e. The van der Waals surface area contributed by atoms with Crippen molar-refractivity contribution in [2.45, 2.75) is 18.6 Å². The van der Waals surface area contributed by atoms with E-state index in [0.717, 1.165) is 39.5 Å². The number of thioether (sulfide) groups is 1. The van der Waals surface area contributed by atoms with E-state index >= 15 is 0 Å². The SMILES string of the molecule is COc1cc(OC)cc(-c2nc(S/C(=C\c3c(C)n(Cc4ccc(Cl)cc4Cl)c4ccccc34)C(=O)O)n[nH]2)c1. The second kappa shape index (κ2) is 11.7. The Hall–Kier alpha value is -3.92. The van der Waals surface area contributed by atoms with Crippen molar-refractivity contribution in [2.75, 3.05) is 14.2 Å². The number of para-hydroxylation sites is 1. The monoisotopic (exact) mass is 594 g/mol. The highest BCUT2D eigenvalue weighted by molar-refractivity contribution is 8.04. The molecule has 0 amide bonds. The predicted octanol–water partition coefficient (Wildman–Crippen LogP) is 7.32. The van der Waals surface area contributed by atoms with Crippen LogP contribution >= 0.6 is 35.0 Å². The number of aromatic nitrogens is 4. The van der Waals surface area contributed by atoms with Gasteiger partial charge in [0.1, 0.15) is 16.4 Å². The molecule has 40 heavy (non-hydrogen) atoms. The molecule has 8 nitrogen and oxygen atoms in total. The van der Waals surface area contributed by atoms with Crippen molar-refractivity contribution in [3.63, 3.8) is 0 Å². The van der Waals surface area contributed by atoms with E-state index in [9.17, 15) is 9.90 Å². The Balaban J connectivity index is 1.51. The van der Waals surface area contributed by atoms with Crippen molar-refractivity contribution in [1.82, 2.24) is 19.7 Å². The van der Waals surface area contributed by atoms with Crippen LogP contribution in [0, 0.1) is 6.92 Å². The lowest BCUT2D eigenvalue weighted by molar-refractivity contribution is -0.131. The van der Waals surface area contributed by atoms with Crippen LogP contribution in [-0.2, 0) is 11.3 Å². The highest BCUT2D eigenvalue weighted by Gasteiger charge is 2.19. The molecule has 204 valence electrons. The summed E-state index contributed by atoms with van der Waals surface area (Å²) in [5.41, 5.74) is 4.24. The van der Waals surface area contributed by atoms with Crippen LogP contribution in [0.2, 0.25) is 10.0 Å². The van der Waals surface area contributed by atoms with Gasteiger partial charge in [0.05, 0.1) is 14.2 Å². The number of H-pyrrole nitrogens is 1. The zero-order valence-electron chi connectivity index (χ0n) is 21.7. The number of methoxy groups -OCH3 is 2. The van der Waals surface area contributed by atoms with Gasteiger partial charge in [-0.25, -0.2) is 9.78 Å². The van der Waals surface area contributed by atoms with Gasteiger partial charge in [0, 0.05) is 50.4 Å². The molecule has 5 aromatic rings. The van der Waals surface area contributed by atoms with Crippen LogP contribution in [0.1, 0.15) is 16.8 Å². The number of rotatable bonds is 9. The van der Waals surface area contributed by atoms with Crippen molar-refractivity contribution in [2.24, 2.45) is 0 Å². The molecule has 0 bridgehead atoms. The van der Waals surface area contributed by atoms with Crippen LogP contribution in [0.25, 0.3) is 28.4 Å². The fourth-order valence-corrected chi connectivity index (χ4v) is 5.55. The first-order valence-corrected chi connectivity index (χ1v) is 13.6. The molecule has 11 heteroatoms. The molecule has 0 aliphatic rings. The van der Waals surface area contributed by atoms with Gasteiger partial charge >= 0.3 is 5.97 Å². The molecule has 0 atom stereocenters. The Labute approximate surface area is 244 Å². The van der Waals surface area contributed by atoms with Crippen LogP contribution in [0.3, 0.4) is 0 Å². The molecular weight excluding hydrogens is 571 g/mol. The quantitative estimate of drug-likeness (QED) is 0.136. The highest BCUT2D eigenvalue weighted by atomic mass is 35.5. The summed E-state index contributed by atoms with van der Waals surface area (Å²) >= 11 is 13.5. The van der Waals surface area contributed by atoms with Gasteiger partial charge in [-0.2, -0.15) is 0 Å². The first-order valence-electron chi connectivity index (χ1n) is 12.1. The Morgan fingerprint density at radius 1 is 1.07 bits per heavy atom. The van der Waals surface area contributed by atoms with Gasteiger partial charge in [0.15, 0.2) is 5.82 Å². The van der Waals surface area contributed by atoms with Gasteiger partial charge < -0.3 is 19.1 Å². The van der Waals surface area contributed by atoms with Gasteiger partial charge in [0.25, 0.3) is 0 Å². The van der Waals surface area contributed by atoms with E-state index < -0.39 is 5.97 Å². The normalized spacial score (nSPS) is 11.7. The number of carboxylic acids is 1. The maximum absolute atomic E-state index is 12.3. The molecular formula is C29H24Cl2N4O4S. The first kappa shape index (κ1) is 27.6. The number of fused-ring (bicyclic) bond motifs is 1. The van der Waals surface area contributed by atoms with Gasteiger partial charge in [-0.15, -0.1) is 5.10 Å². The van der Waals surface area contributed by atoms with Gasteiger partial charge in [-0.1, -0.05) is 47.5 Å². The number of ether oxygens (including phenoxy) is 2. The molecule has 2 aromatic heterocycles. The smallest absolute Gasteiger partial charge is 0.342 e. The summed E-state index contributed by atoms with van der Waals surface area (Å²) in [6.45, 7) is 2.46. The van der Waals surface area contributed by atoms with Crippen LogP contribution in [0.4, 0.5) is 0 Å². The van der Waals surface area contributed by atoms with Crippen molar-refractivity contribution in [1.29, 1.82) is 0 Å². The lowest BCUT2D eigenvalue weighted by atomic mass is 10.1. The van der Waals surface area contributed by atoms with E-state index in [-0.39, 0.29) is 10.1 Å². The van der Waals surface area contributed by atoms with Gasteiger partial charge in [0.2, 0.25) is 5.16 Å². The number of nitrogens with one attached hydrogen (secondary N) is 1. The van der Waals surface area contributed by atoms with Crippen molar-refractivity contribution >= 4 is 57.9 Å². The number of halogens is 2. The summed E-state index contributed by atoms with van der Waals surface area (Å²) in [5.74, 6) is 0.559. The van der Waals surface area contributed by atoms with Crippen LogP contribution in [0.5, 0.6) is 11.5 Å². The molecule has 0 radical (unpaired) electrons. The van der Waals surface area contributed by atoms with E-state index in [1.165, 1.54) is 0 Å². The summed E-state index contributed by atoms with van der Waals surface area (Å²) in [5, 5.41) is 19.5. The molecule has 0 unspecified atom stereocenters. The summed E-state index contributed by atoms with van der Waals surface area (Å²) < 4.78 is 12.8. The zero-order chi connectivity index (χ0) is 28.4. The number of aromatic amines is 1.